The SMILES string of the molecule is O=C(CCCCCCCCCCC=C(F)F)N(c1ccccc1)c1ccccc1. The highest BCUT2D eigenvalue weighted by Gasteiger charge is 2.16. The Bertz CT molecular complexity index is 688. The third kappa shape index (κ3) is 9.03. The molecule has 2 nitrogen and oxygen atoms in total. The summed E-state index contributed by atoms with van der Waals surface area (Å²) in [6.07, 6.45) is 8.69. The van der Waals surface area contributed by atoms with E-state index < -0.39 is 6.08 Å². The highest BCUT2D eigenvalue weighted by atomic mass is 19.3. The van der Waals surface area contributed by atoms with E-state index in [1.807, 2.05) is 60.7 Å². The van der Waals surface area contributed by atoms with Crippen molar-refractivity contribution in [3.63, 3.8) is 0 Å². The van der Waals surface area contributed by atoms with Gasteiger partial charge in [0.05, 0.1) is 0 Å². The van der Waals surface area contributed by atoms with Crippen molar-refractivity contribution in [2.45, 2.75) is 64.2 Å². The molecule has 0 unspecified atom stereocenters. The van der Waals surface area contributed by atoms with Crippen molar-refractivity contribution >= 4 is 17.3 Å². The Morgan fingerprint density at radius 3 is 1.62 bits per heavy atom. The maximum Gasteiger partial charge on any atom is 0.266 e. The number of hydrogen-bond acceptors (Lipinski definition) is 1. The molecule has 4 heteroatoms. The molecule has 0 bridgehead atoms. The van der Waals surface area contributed by atoms with Crippen molar-refractivity contribution in [2.24, 2.45) is 0 Å². The number of carbonyl (C=O) groups is 1. The van der Waals surface area contributed by atoms with Crippen LogP contribution in [-0.4, -0.2) is 5.91 Å². The predicted molar refractivity (Wildman–Crippen MR) is 116 cm³/mol. The van der Waals surface area contributed by atoms with Crippen LogP contribution in [0.15, 0.2) is 72.8 Å². The molecule has 0 spiro atoms. The second-order valence-electron chi connectivity index (χ2n) is 7.26. The molecule has 0 aromatic heterocycles. The number of hydrogen-bond donors (Lipinski definition) is 0. The van der Waals surface area contributed by atoms with Crippen molar-refractivity contribution in [1.82, 2.24) is 0 Å². The normalized spacial score (nSPS) is 10.6. The molecule has 0 radical (unpaired) electrons. The Labute approximate surface area is 173 Å². The molecule has 29 heavy (non-hydrogen) atoms. The van der Waals surface area contributed by atoms with Crippen LogP contribution in [0.3, 0.4) is 0 Å². The molecule has 0 aliphatic rings. The Balaban J connectivity index is 1.67. The summed E-state index contributed by atoms with van der Waals surface area (Å²) < 4.78 is 23.8. The molecule has 0 atom stereocenters. The highest BCUT2D eigenvalue weighted by molar-refractivity contribution is 6.00. The zero-order valence-corrected chi connectivity index (χ0v) is 17.0. The fourth-order valence-corrected chi connectivity index (χ4v) is 3.40. The van der Waals surface area contributed by atoms with Gasteiger partial charge in [0.25, 0.3) is 6.08 Å². The summed E-state index contributed by atoms with van der Waals surface area (Å²) in [5, 5.41) is 0. The quantitative estimate of drug-likeness (QED) is 0.312. The second-order valence-corrected chi connectivity index (χ2v) is 7.26. The van der Waals surface area contributed by atoms with Crippen molar-refractivity contribution in [2.75, 3.05) is 4.90 Å². The van der Waals surface area contributed by atoms with Crippen molar-refractivity contribution < 1.29 is 13.6 Å². The van der Waals surface area contributed by atoms with E-state index in [-0.39, 0.29) is 5.91 Å². The van der Waals surface area contributed by atoms with E-state index in [1.165, 1.54) is 0 Å². The number of unbranched alkanes of at least 4 members (excludes halogenated alkanes) is 8. The molecule has 0 fully saturated rings. The molecular formula is C25H31F2NO. The summed E-state index contributed by atoms with van der Waals surface area (Å²) in [7, 11) is 0. The van der Waals surface area contributed by atoms with Gasteiger partial charge in [-0.1, -0.05) is 74.9 Å². The molecular weight excluding hydrogens is 368 g/mol. The van der Waals surface area contributed by atoms with Gasteiger partial charge in [0.2, 0.25) is 5.91 Å². The van der Waals surface area contributed by atoms with Crippen LogP contribution in [0.5, 0.6) is 0 Å². The van der Waals surface area contributed by atoms with Gasteiger partial charge >= 0.3 is 0 Å². The minimum Gasteiger partial charge on any atom is -0.281 e. The van der Waals surface area contributed by atoms with E-state index in [2.05, 4.69) is 0 Å². The summed E-state index contributed by atoms with van der Waals surface area (Å²) in [5.41, 5.74) is 1.79. The zero-order chi connectivity index (χ0) is 20.7. The van der Waals surface area contributed by atoms with Gasteiger partial charge in [-0.3, -0.25) is 9.69 Å². The highest BCUT2D eigenvalue weighted by Crippen LogP contribution is 2.26. The Hall–Kier alpha value is -2.49. The van der Waals surface area contributed by atoms with Gasteiger partial charge < -0.3 is 0 Å². The molecule has 0 aliphatic heterocycles. The first-order chi connectivity index (χ1) is 14.2. The second kappa shape index (κ2) is 13.6. The summed E-state index contributed by atoms with van der Waals surface area (Å²) in [4.78, 5) is 14.7. The Kier molecular flexibility index (Phi) is 10.7. The lowest BCUT2D eigenvalue weighted by Gasteiger charge is -2.23. The summed E-state index contributed by atoms with van der Waals surface area (Å²) >= 11 is 0. The summed E-state index contributed by atoms with van der Waals surface area (Å²) in [5.74, 6) is 0.121. The lowest BCUT2D eigenvalue weighted by atomic mass is 10.1. The average molecular weight is 400 g/mol. The van der Waals surface area contributed by atoms with E-state index in [9.17, 15) is 13.6 Å². The standard InChI is InChI=1S/C25H31F2NO/c26-24(27)20-14-6-4-2-1-3-5-7-15-21-25(29)28(22-16-10-8-11-17-22)23-18-12-9-13-19-23/h8-13,16-20H,1-7,14-15,21H2. The van der Waals surface area contributed by atoms with Gasteiger partial charge in [-0.05, 0) is 49.6 Å². The molecule has 2 rings (SSSR count). The molecule has 156 valence electrons. The van der Waals surface area contributed by atoms with Crippen LogP contribution < -0.4 is 4.90 Å². The molecule has 1 amide bonds. The summed E-state index contributed by atoms with van der Waals surface area (Å²) in [6, 6.07) is 19.5. The lowest BCUT2D eigenvalue weighted by Crippen LogP contribution is -2.25. The van der Waals surface area contributed by atoms with Crippen molar-refractivity contribution in [1.29, 1.82) is 0 Å². The molecule has 2 aromatic rings. The number of amides is 1. The van der Waals surface area contributed by atoms with E-state index in [4.69, 9.17) is 0 Å². The van der Waals surface area contributed by atoms with Crippen LogP contribution in [-0.2, 0) is 4.79 Å². The van der Waals surface area contributed by atoms with Crippen LogP contribution in [0.1, 0.15) is 64.2 Å². The van der Waals surface area contributed by atoms with E-state index >= 15 is 0 Å². The molecule has 0 N–H and O–H groups in total. The van der Waals surface area contributed by atoms with Gasteiger partial charge in [-0.2, -0.15) is 8.78 Å². The zero-order valence-electron chi connectivity index (χ0n) is 17.0. The number of nitrogens with zero attached hydrogens (tertiary/aromatic N) is 1. The molecule has 0 saturated carbocycles. The fourth-order valence-electron chi connectivity index (χ4n) is 3.40. The van der Waals surface area contributed by atoms with E-state index in [0.717, 1.165) is 68.8 Å². The topological polar surface area (TPSA) is 20.3 Å². The van der Waals surface area contributed by atoms with Gasteiger partial charge in [-0.25, -0.2) is 0 Å². The van der Waals surface area contributed by atoms with Crippen LogP contribution >= 0.6 is 0 Å². The largest absolute Gasteiger partial charge is 0.281 e. The number of anilines is 2. The van der Waals surface area contributed by atoms with E-state index in [0.29, 0.717) is 12.8 Å². The average Bonchev–Trinajstić information content (AvgIpc) is 2.73. The molecule has 0 heterocycles. The maximum atomic E-state index is 12.9. The van der Waals surface area contributed by atoms with Gasteiger partial charge in [0.1, 0.15) is 0 Å². The Morgan fingerprint density at radius 1 is 0.690 bits per heavy atom. The maximum absolute atomic E-state index is 12.9. The first kappa shape index (κ1) is 22.8. The van der Waals surface area contributed by atoms with Crippen LogP contribution in [0.4, 0.5) is 20.2 Å². The van der Waals surface area contributed by atoms with Gasteiger partial charge in [0, 0.05) is 17.8 Å². The lowest BCUT2D eigenvalue weighted by molar-refractivity contribution is -0.118. The number of benzene rings is 2. The number of rotatable bonds is 13. The minimum absolute atomic E-state index is 0.121. The number of allylic oxidation sites excluding steroid dienone is 1. The summed E-state index contributed by atoms with van der Waals surface area (Å²) in [6.45, 7) is 0. The monoisotopic (exact) mass is 399 g/mol. The molecule has 0 aliphatic carbocycles. The predicted octanol–water partition coefficient (Wildman–Crippen LogP) is 8.03. The number of halogens is 2. The van der Waals surface area contributed by atoms with Crippen LogP contribution in [0.2, 0.25) is 0 Å². The molecule has 2 aromatic carbocycles. The Morgan fingerprint density at radius 2 is 1.14 bits per heavy atom. The van der Waals surface area contributed by atoms with Gasteiger partial charge in [0.15, 0.2) is 0 Å². The van der Waals surface area contributed by atoms with Crippen LogP contribution in [0.25, 0.3) is 0 Å². The smallest absolute Gasteiger partial charge is 0.266 e. The third-order valence-electron chi connectivity index (χ3n) is 4.92. The first-order valence-electron chi connectivity index (χ1n) is 10.6. The number of carbonyl (C=O) groups excluding carboxylic acids is 1. The van der Waals surface area contributed by atoms with E-state index in [1.54, 1.807) is 4.90 Å². The third-order valence-corrected chi connectivity index (χ3v) is 4.92. The minimum atomic E-state index is -1.57. The fraction of sp³-hybridized carbons (Fsp3) is 0.400. The van der Waals surface area contributed by atoms with Gasteiger partial charge in [-0.15, -0.1) is 0 Å². The first-order valence-corrected chi connectivity index (χ1v) is 10.6. The van der Waals surface area contributed by atoms with Crippen molar-refractivity contribution in [3.8, 4) is 0 Å². The molecule has 0 saturated heterocycles. The van der Waals surface area contributed by atoms with Crippen molar-refractivity contribution in [3.05, 3.63) is 72.8 Å². The number of para-hydroxylation sites is 2. The van der Waals surface area contributed by atoms with Crippen LogP contribution in [0, 0.1) is 0 Å².